The molecule has 2 atom stereocenters. The number of Topliss-reactive ketones (excluding diaryl/α,β-unsaturated/α-hetero) is 1. The highest BCUT2D eigenvalue weighted by molar-refractivity contribution is 6.24. The van der Waals surface area contributed by atoms with Gasteiger partial charge in [-0.3, -0.25) is 9.79 Å². The van der Waals surface area contributed by atoms with Crippen molar-refractivity contribution in [2.75, 3.05) is 20.8 Å². The summed E-state index contributed by atoms with van der Waals surface area (Å²) in [5.41, 5.74) is 5.29. The van der Waals surface area contributed by atoms with E-state index in [-0.39, 0.29) is 23.7 Å². The summed E-state index contributed by atoms with van der Waals surface area (Å²) in [4.78, 5) is 33.0. The van der Waals surface area contributed by atoms with Crippen LogP contribution in [0.5, 0.6) is 11.5 Å². The Morgan fingerprint density at radius 2 is 1.84 bits per heavy atom. The minimum Gasteiger partial charge on any atom is -0.493 e. The molecule has 1 aliphatic carbocycles. The predicted molar refractivity (Wildman–Crippen MR) is 141 cm³/mol. The quantitative estimate of drug-likeness (QED) is 0.611. The van der Waals surface area contributed by atoms with Gasteiger partial charge in [0.2, 0.25) is 0 Å². The van der Waals surface area contributed by atoms with Crippen molar-refractivity contribution in [3.05, 3.63) is 70.4 Å². The molecule has 5 rings (SSSR count). The fraction of sp³-hybridized carbons (Fsp3) is 0.433. The lowest BCUT2D eigenvalue weighted by molar-refractivity contribution is -0.138. The molecule has 0 bridgehead atoms. The first kappa shape index (κ1) is 25.1. The Morgan fingerprint density at radius 1 is 1.14 bits per heavy atom. The van der Waals surface area contributed by atoms with Gasteiger partial charge in [0.1, 0.15) is 0 Å². The molecule has 2 heterocycles. The van der Waals surface area contributed by atoms with Gasteiger partial charge in [0.25, 0.3) is 0 Å². The Labute approximate surface area is 217 Å². The summed E-state index contributed by atoms with van der Waals surface area (Å²) in [6.45, 7) is 5.03. The van der Waals surface area contributed by atoms with E-state index in [2.05, 4.69) is 18.7 Å². The van der Waals surface area contributed by atoms with Crippen LogP contribution < -0.4 is 9.47 Å². The van der Waals surface area contributed by atoms with Gasteiger partial charge in [0.05, 0.1) is 31.5 Å². The molecule has 2 aliphatic heterocycles. The molecule has 0 saturated heterocycles. The maximum atomic E-state index is 13.5. The minimum absolute atomic E-state index is 0.0473. The van der Waals surface area contributed by atoms with E-state index in [0.29, 0.717) is 35.6 Å². The van der Waals surface area contributed by atoms with Gasteiger partial charge in [-0.05, 0) is 47.1 Å². The maximum absolute atomic E-state index is 13.5. The number of fused-ring (bicyclic) bond motifs is 4. The van der Waals surface area contributed by atoms with Crippen LogP contribution in [0.4, 0.5) is 0 Å². The molecule has 0 radical (unpaired) electrons. The smallest absolute Gasteiger partial charge is 0.328 e. The third-order valence-corrected chi connectivity index (χ3v) is 7.75. The number of hydrogen-bond acceptors (Lipinski definition) is 6. The van der Waals surface area contributed by atoms with Gasteiger partial charge < -0.3 is 19.5 Å². The Bertz CT molecular complexity index is 1290. The van der Waals surface area contributed by atoms with Crippen LogP contribution in [-0.4, -0.2) is 54.3 Å². The van der Waals surface area contributed by atoms with Crippen LogP contribution in [0.3, 0.4) is 0 Å². The SMILES string of the molecule is COc1cc2c(cc1OC)[C@@H]1CC(=N[C@H](Cc3ccccc3)C(=O)O)C3=C(CC(C)(C)CC3=O)N1CC2. The molecule has 2 aromatic rings. The van der Waals surface area contributed by atoms with E-state index in [9.17, 15) is 14.7 Å². The molecule has 37 heavy (non-hydrogen) atoms. The van der Waals surface area contributed by atoms with Crippen LogP contribution in [0, 0.1) is 5.41 Å². The first-order chi connectivity index (χ1) is 17.7. The summed E-state index contributed by atoms with van der Waals surface area (Å²) in [7, 11) is 3.26. The number of methoxy groups -OCH3 is 2. The highest BCUT2D eigenvalue weighted by Crippen LogP contribution is 2.49. The van der Waals surface area contributed by atoms with Crippen LogP contribution in [0.2, 0.25) is 0 Å². The molecule has 3 aliphatic rings. The first-order valence-corrected chi connectivity index (χ1v) is 12.8. The summed E-state index contributed by atoms with van der Waals surface area (Å²) >= 11 is 0. The summed E-state index contributed by atoms with van der Waals surface area (Å²) in [5, 5.41) is 10.1. The van der Waals surface area contributed by atoms with Crippen LogP contribution in [0.25, 0.3) is 0 Å². The third kappa shape index (κ3) is 4.75. The number of benzene rings is 2. The number of carboxylic acid groups (broad SMARTS) is 1. The molecule has 0 aromatic heterocycles. The van der Waals surface area contributed by atoms with E-state index >= 15 is 0 Å². The van der Waals surface area contributed by atoms with E-state index in [4.69, 9.17) is 14.5 Å². The number of allylic oxidation sites excluding steroid dienone is 2. The molecular formula is C30H34N2O5. The minimum atomic E-state index is -0.986. The topological polar surface area (TPSA) is 88.4 Å². The lowest BCUT2D eigenvalue weighted by atomic mass is 9.71. The normalized spacial score (nSPS) is 22.2. The molecule has 2 aromatic carbocycles. The Morgan fingerprint density at radius 3 is 2.51 bits per heavy atom. The summed E-state index contributed by atoms with van der Waals surface area (Å²) in [6.07, 6.45) is 2.77. The Kier molecular flexibility index (Phi) is 6.56. The summed E-state index contributed by atoms with van der Waals surface area (Å²) in [5.74, 6) is 0.432. The van der Waals surface area contributed by atoms with Gasteiger partial charge in [0, 0.05) is 31.5 Å². The van der Waals surface area contributed by atoms with Gasteiger partial charge in [-0.15, -0.1) is 0 Å². The summed E-state index contributed by atoms with van der Waals surface area (Å²) < 4.78 is 11.2. The number of carbonyl (C=O) groups is 2. The average molecular weight is 503 g/mol. The van der Waals surface area contributed by atoms with Gasteiger partial charge in [-0.2, -0.15) is 0 Å². The van der Waals surface area contributed by atoms with E-state index in [1.165, 1.54) is 5.56 Å². The number of hydrogen-bond donors (Lipinski definition) is 1. The van der Waals surface area contributed by atoms with E-state index in [0.717, 1.165) is 36.2 Å². The van der Waals surface area contributed by atoms with Crippen molar-refractivity contribution < 1.29 is 24.2 Å². The third-order valence-electron chi connectivity index (χ3n) is 7.75. The largest absolute Gasteiger partial charge is 0.493 e. The van der Waals surface area contributed by atoms with Crippen molar-refractivity contribution in [2.45, 2.75) is 58.0 Å². The highest BCUT2D eigenvalue weighted by Gasteiger charge is 2.44. The predicted octanol–water partition coefficient (Wildman–Crippen LogP) is 4.79. The van der Waals surface area contributed by atoms with Crippen LogP contribution in [-0.2, 0) is 22.4 Å². The summed E-state index contributed by atoms with van der Waals surface area (Å²) in [6, 6.07) is 12.6. The number of carbonyl (C=O) groups excluding carboxylic acids is 1. The molecule has 0 unspecified atom stereocenters. The van der Waals surface area contributed by atoms with Gasteiger partial charge in [-0.1, -0.05) is 44.2 Å². The van der Waals surface area contributed by atoms with Crippen LogP contribution >= 0.6 is 0 Å². The van der Waals surface area contributed by atoms with Crippen molar-refractivity contribution >= 4 is 17.5 Å². The molecular weight excluding hydrogens is 468 g/mol. The zero-order valence-electron chi connectivity index (χ0n) is 21.9. The van der Waals surface area contributed by atoms with Crippen molar-refractivity contribution in [1.82, 2.24) is 4.90 Å². The Hall–Kier alpha value is -3.61. The van der Waals surface area contributed by atoms with Crippen molar-refractivity contribution in [1.29, 1.82) is 0 Å². The van der Waals surface area contributed by atoms with Gasteiger partial charge >= 0.3 is 5.97 Å². The zero-order chi connectivity index (χ0) is 26.3. The monoisotopic (exact) mass is 502 g/mol. The van der Waals surface area contributed by atoms with E-state index < -0.39 is 12.0 Å². The average Bonchev–Trinajstić information content (AvgIpc) is 2.86. The lowest BCUT2D eigenvalue weighted by Crippen LogP contribution is -2.46. The standard InChI is InChI=1S/C30H34N2O5/c1-30(2)16-24-28(25(33)17-30)21(31-22(29(34)35)12-18-8-6-5-7-9-18)15-23-20-14-27(37-4)26(36-3)13-19(20)10-11-32(23)24/h5-9,13-14,22-23H,10-12,15-17H2,1-4H3,(H,34,35)/t22-,23+/m1/s1. The maximum Gasteiger partial charge on any atom is 0.328 e. The molecule has 7 nitrogen and oxygen atoms in total. The van der Waals surface area contributed by atoms with Crippen LogP contribution in [0.1, 0.15) is 55.8 Å². The molecule has 194 valence electrons. The van der Waals surface area contributed by atoms with Crippen LogP contribution in [0.15, 0.2) is 58.7 Å². The number of aliphatic carboxylic acids is 1. The molecule has 0 amide bonds. The fourth-order valence-electron chi connectivity index (χ4n) is 6.05. The molecule has 7 heteroatoms. The zero-order valence-corrected chi connectivity index (χ0v) is 21.9. The number of ketones is 1. The van der Waals surface area contributed by atoms with Crippen molar-refractivity contribution in [2.24, 2.45) is 10.4 Å². The number of carboxylic acids is 1. The number of rotatable bonds is 6. The van der Waals surface area contributed by atoms with E-state index in [1.54, 1.807) is 14.2 Å². The molecule has 0 spiro atoms. The van der Waals surface area contributed by atoms with Crippen molar-refractivity contribution in [3.63, 3.8) is 0 Å². The van der Waals surface area contributed by atoms with E-state index in [1.807, 2.05) is 42.5 Å². The second kappa shape index (κ2) is 9.69. The molecule has 0 saturated carbocycles. The molecule has 0 fully saturated rings. The number of aliphatic imine (C=N–C) groups is 1. The van der Waals surface area contributed by atoms with Crippen molar-refractivity contribution in [3.8, 4) is 11.5 Å². The second-order valence-electron chi connectivity index (χ2n) is 11.0. The number of ether oxygens (including phenoxy) is 2. The lowest BCUT2D eigenvalue weighted by Gasteiger charge is -2.48. The highest BCUT2D eigenvalue weighted by atomic mass is 16.5. The first-order valence-electron chi connectivity index (χ1n) is 12.8. The Balaban J connectivity index is 1.63. The second-order valence-corrected chi connectivity index (χ2v) is 11.0. The van der Waals surface area contributed by atoms with Gasteiger partial charge in [-0.25, -0.2) is 4.79 Å². The molecule has 1 N–H and O–H groups in total. The fourth-order valence-corrected chi connectivity index (χ4v) is 6.05. The number of nitrogens with zero attached hydrogens (tertiary/aromatic N) is 2. The van der Waals surface area contributed by atoms with Gasteiger partial charge in [0.15, 0.2) is 23.3 Å².